The molecule has 1 rings (SSSR count). The van der Waals surface area contributed by atoms with Crippen LogP contribution in [-0.2, 0) is 28.6 Å². The van der Waals surface area contributed by atoms with Crippen molar-refractivity contribution in [2.24, 2.45) is 0 Å². The fourth-order valence-corrected chi connectivity index (χ4v) is 2.03. The van der Waals surface area contributed by atoms with Gasteiger partial charge in [-0.3, -0.25) is 8.98 Å². The molecule has 1 aliphatic rings. The average Bonchev–Trinajstić information content (AvgIpc) is 2.18. The molecule has 0 unspecified atom stereocenters. The standard InChI is InChI=1S/C9H17NO6S/c1-9(8(11)10(2)3)14-5-7(6-15-9)16-17(4,12)13/h7H,5-6H2,1-4H3. The van der Waals surface area contributed by atoms with E-state index in [1.807, 2.05) is 0 Å². The highest BCUT2D eigenvalue weighted by Crippen LogP contribution is 2.22. The van der Waals surface area contributed by atoms with Crippen LogP contribution in [-0.4, -0.2) is 64.7 Å². The lowest BCUT2D eigenvalue weighted by molar-refractivity contribution is -0.269. The Bertz CT molecular complexity index is 382. The number of ether oxygens (including phenoxy) is 2. The van der Waals surface area contributed by atoms with E-state index in [1.54, 1.807) is 14.1 Å². The molecule has 1 aliphatic heterocycles. The third kappa shape index (κ3) is 3.91. The average molecular weight is 267 g/mol. The van der Waals surface area contributed by atoms with Gasteiger partial charge in [0, 0.05) is 14.1 Å². The molecular formula is C9H17NO6S. The minimum Gasteiger partial charge on any atom is -0.344 e. The maximum absolute atomic E-state index is 11.7. The van der Waals surface area contributed by atoms with E-state index in [1.165, 1.54) is 11.8 Å². The molecule has 0 aromatic heterocycles. The second-order valence-electron chi connectivity index (χ2n) is 4.19. The van der Waals surface area contributed by atoms with Crippen molar-refractivity contribution in [3.05, 3.63) is 0 Å². The molecule has 0 saturated carbocycles. The summed E-state index contributed by atoms with van der Waals surface area (Å²) in [6, 6.07) is 0. The van der Waals surface area contributed by atoms with Crippen molar-refractivity contribution in [1.29, 1.82) is 0 Å². The highest BCUT2D eigenvalue weighted by atomic mass is 32.2. The van der Waals surface area contributed by atoms with E-state index >= 15 is 0 Å². The van der Waals surface area contributed by atoms with Gasteiger partial charge < -0.3 is 14.4 Å². The smallest absolute Gasteiger partial charge is 0.282 e. The van der Waals surface area contributed by atoms with Gasteiger partial charge in [0.1, 0.15) is 6.10 Å². The zero-order chi connectivity index (χ0) is 13.3. The SMILES string of the molecule is CN(C)C(=O)C1(C)OCC(OS(C)(=O)=O)CO1. The molecule has 0 N–H and O–H groups in total. The molecule has 0 aromatic carbocycles. The molecule has 100 valence electrons. The van der Waals surface area contributed by atoms with Crippen LogP contribution in [0.25, 0.3) is 0 Å². The quantitative estimate of drug-likeness (QED) is 0.622. The number of nitrogens with zero attached hydrogens (tertiary/aromatic N) is 1. The van der Waals surface area contributed by atoms with Gasteiger partial charge >= 0.3 is 0 Å². The highest BCUT2D eigenvalue weighted by Gasteiger charge is 2.42. The minimum absolute atomic E-state index is 0.0108. The predicted molar refractivity (Wildman–Crippen MR) is 58.7 cm³/mol. The third-order valence-electron chi connectivity index (χ3n) is 2.19. The predicted octanol–water partition coefficient (Wildman–Crippen LogP) is -0.818. The maximum Gasteiger partial charge on any atom is 0.282 e. The first kappa shape index (κ1) is 14.4. The van der Waals surface area contributed by atoms with Crippen molar-refractivity contribution in [2.75, 3.05) is 33.6 Å². The summed E-state index contributed by atoms with van der Waals surface area (Å²) in [7, 11) is -0.387. The summed E-state index contributed by atoms with van der Waals surface area (Å²) in [4.78, 5) is 13.1. The third-order valence-corrected chi connectivity index (χ3v) is 2.82. The van der Waals surface area contributed by atoms with E-state index in [0.717, 1.165) is 6.26 Å². The van der Waals surface area contributed by atoms with Gasteiger partial charge in [-0.05, 0) is 6.92 Å². The summed E-state index contributed by atoms with van der Waals surface area (Å²) < 4.78 is 37.0. The topological polar surface area (TPSA) is 82.1 Å². The molecule has 1 saturated heterocycles. The largest absolute Gasteiger partial charge is 0.344 e. The first-order valence-corrected chi connectivity index (χ1v) is 6.83. The van der Waals surface area contributed by atoms with Crippen molar-refractivity contribution in [2.45, 2.75) is 18.8 Å². The Hall–Kier alpha value is -0.700. The molecule has 0 radical (unpaired) electrons. The monoisotopic (exact) mass is 267 g/mol. The lowest BCUT2D eigenvalue weighted by Crippen LogP contribution is -2.54. The van der Waals surface area contributed by atoms with E-state index in [-0.39, 0.29) is 19.1 Å². The zero-order valence-corrected chi connectivity index (χ0v) is 11.1. The Morgan fingerprint density at radius 1 is 1.35 bits per heavy atom. The first-order chi connectivity index (χ1) is 7.64. The van der Waals surface area contributed by atoms with Crippen LogP contribution < -0.4 is 0 Å². The molecule has 1 fully saturated rings. The van der Waals surface area contributed by atoms with Gasteiger partial charge in [0.15, 0.2) is 0 Å². The van der Waals surface area contributed by atoms with E-state index in [0.29, 0.717) is 0 Å². The number of likely N-dealkylation sites (N-methyl/N-ethyl adjacent to an activating group) is 1. The number of hydrogen-bond donors (Lipinski definition) is 0. The summed E-state index contributed by atoms with van der Waals surface area (Å²) in [5, 5.41) is 0. The molecule has 0 bridgehead atoms. The molecule has 8 heteroatoms. The fourth-order valence-electron chi connectivity index (χ4n) is 1.43. The van der Waals surface area contributed by atoms with Crippen molar-refractivity contribution in [3.8, 4) is 0 Å². The van der Waals surface area contributed by atoms with Crippen LogP contribution in [0.3, 0.4) is 0 Å². The lowest BCUT2D eigenvalue weighted by atomic mass is 10.2. The van der Waals surface area contributed by atoms with Crippen LogP contribution in [0.4, 0.5) is 0 Å². The van der Waals surface area contributed by atoms with Crippen molar-refractivity contribution < 1.29 is 26.9 Å². The molecule has 0 aromatic rings. The van der Waals surface area contributed by atoms with Gasteiger partial charge in [-0.25, -0.2) is 0 Å². The van der Waals surface area contributed by atoms with Gasteiger partial charge in [-0.15, -0.1) is 0 Å². The Balaban J connectivity index is 2.59. The highest BCUT2D eigenvalue weighted by molar-refractivity contribution is 7.86. The van der Waals surface area contributed by atoms with Gasteiger partial charge in [-0.2, -0.15) is 8.42 Å². The normalized spacial score (nSPS) is 30.0. The van der Waals surface area contributed by atoms with Gasteiger partial charge in [0.25, 0.3) is 16.0 Å². The molecule has 0 spiro atoms. The number of amides is 1. The maximum atomic E-state index is 11.7. The summed E-state index contributed by atoms with van der Waals surface area (Å²) in [5.74, 6) is -1.71. The molecular weight excluding hydrogens is 250 g/mol. The molecule has 1 heterocycles. The number of carbonyl (C=O) groups is 1. The van der Waals surface area contributed by atoms with Gasteiger partial charge in [0.05, 0.1) is 19.5 Å². The van der Waals surface area contributed by atoms with E-state index in [9.17, 15) is 13.2 Å². The van der Waals surface area contributed by atoms with Crippen LogP contribution in [0, 0.1) is 0 Å². The number of rotatable bonds is 3. The number of hydrogen-bond acceptors (Lipinski definition) is 6. The Morgan fingerprint density at radius 3 is 2.18 bits per heavy atom. The van der Waals surface area contributed by atoms with Crippen molar-refractivity contribution in [1.82, 2.24) is 4.90 Å². The Morgan fingerprint density at radius 2 is 1.82 bits per heavy atom. The Kier molecular flexibility index (Phi) is 4.13. The molecule has 17 heavy (non-hydrogen) atoms. The Labute approximate surface area is 101 Å². The fraction of sp³-hybridized carbons (Fsp3) is 0.889. The van der Waals surface area contributed by atoms with Crippen LogP contribution >= 0.6 is 0 Å². The molecule has 0 atom stereocenters. The summed E-state index contributed by atoms with van der Waals surface area (Å²) in [6.07, 6.45) is 0.235. The molecule has 0 aliphatic carbocycles. The molecule has 7 nitrogen and oxygen atoms in total. The summed E-state index contributed by atoms with van der Waals surface area (Å²) in [5.41, 5.74) is 0. The van der Waals surface area contributed by atoms with E-state index < -0.39 is 22.0 Å². The van der Waals surface area contributed by atoms with Gasteiger partial charge in [-0.1, -0.05) is 0 Å². The zero-order valence-electron chi connectivity index (χ0n) is 10.3. The van der Waals surface area contributed by atoms with E-state index in [4.69, 9.17) is 13.7 Å². The van der Waals surface area contributed by atoms with Gasteiger partial charge in [0.2, 0.25) is 5.79 Å². The second kappa shape index (κ2) is 4.89. The summed E-state index contributed by atoms with van der Waals surface area (Å²) in [6.45, 7) is 1.47. The van der Waals surface area contributed by atoms with Crippen LogP contribution in [0.2, 0.25) is 0 Å². The second-order valence-corrected chi connectivity index (χ2v) is 5.79. The van der Waals surface area contributed by atoms with E-state index in [2.05, 4.69) is 0 Å². The lowest BCUT2D eigenvalue weighted by Gasteiger charge is -2.36. The van der Waals surface area contributed by atoms with Crippen molar-refractivity contribution >= 4 is 16.0 Å². The van der Waals surface area contributed by atoms with Crippen molar-refractivity contribution in [3.63, 3.8) is 0 Å². The summed E-state index contributed by atoms with van der Waals surface area (Å²) >= 11 is 0. The van der Waals surface area contributed by atoms with Crippen LogP contribution in [0.15, 0.2) is 0 Å². The molecule has 1 amide bonds. The number of carbonyl (C=O) groups excluding carboxylic acids is 1. The first-order valence-electron chi connectivity index (χ1n) is 5.02. The van der Waals surface area contributed by atoms with Crippen LogP contribution in [0.1, 0.15) is 6.92 Å². The van der Waals surface area contributed by atoms with Crippen LogP contribution in [0.5, 0.6) is 0 Å². The minimum atomic E-state index is -3.55.